The maximum atomic E-state index is 13.2. The van der Waals surface area contributed by atoms with Crippen molar-refractivity contribution in [2.75, 3.05) is 42.3 Å². The molecule has 0 atom stereocenters. The van der Waals surface area contributed by atoms with E-state index in [0.29, 0.717) is 142 Å². The number of pyridine rings is 6. The van der Waals surface area contributed by atoms with Gasteiger partial charge in [-0.25, -0.2) is 72.6 Å². The minimum absolute atomic E-state index is 0.157. The Hall–Kier alpha value is -11.9. The number of thioether (sulfide) groups is 1. The van der Waals surface area contributed by atoms with Gasteiger partial charge in [-0.1, -0.05) is 30.0 Å². The molecule has 115 heavy (non-hydrogen) atoms. The molecule has 12 aromatic heterocycles. The third-order valence-electron chi connectivity index (χ3n) is 18.7. The van der Waals surface area contributed by atoms with E-state index in [4.69, 9.17) is 15.2 Å². The molecule has 0 radical (unpaired) electrons. The summed E-state index contributed by atoms with van der Waals surface area (Å²) < 4.78 is 20.6. The number of nitrogens with two attached hydrogens (primary N) is 1. The van der Waals surface area contributed by atoms with E-state index in [0.717, 1.165) is 65.4 Å². The summed E-state index contributed by atoms with van der Waals surface area (Å²) in [5.74, 6) is 2.11. The molecule has 35 heteroatoms. The van der Waals surface area contributed by atoms with Gasteiger partial charge < -0.3 is 56.3 Å². The second-order valence-electron chi connectivity index (χ2n) is 31.3. The zero-order valence-corrected chi connectivity index (χ0v) is 68.3. The first-order chi connectivity index (χ1) is 54.4. The second kappa shape index (κ2) is 33.3. The van der Waals surface area contributed by atoms with Crippen LogP contribution in [-0.4, -0.2) is 162 Å². The van der Waals surface area contributed by atoms with Crippen LogP contribution in [0.25, 0.3) is 50.6 Å². The monoisotopic (exact) mass is 1590 g/mol. The van der Waals surface area contributed by atoms with Crippen LogP contribution in [0.2, 0.25) is 0 Å². The molecule has 15 rings (SSSR count). The summed E-state index contributed by atoms with van der Waals surface area (Å²) in [5.41, 5.74) is 11.7. The number of aliphatic hydroxyl groups is 3. The molecule has 0 saturated carbocycles. The first kappa shape index (κ1) is 82.5. The number of aromatic nitrogens is 18. The van der Waals surface area contributed by atoms with Crippen molar-refractivity contribution in [1.29, 1.82) is 0 Å². The lowest BCUT2D eigenvalue weighted by Gasteiger charge is -2.31. The lowest BCUT2D eigenvalue weighted by atomic mass is 10.1. The molecule has 15 heterocycles. The van der Waals surface area contributed by atoms with Crippen LogP contribution in [0.5, 0.6) is 0 Å². The molecule has 0 bridgehead atoms. The van der Waals surface area contributed by atoms with Crippen LogP contribution in [0.1, 0.15) is 155 Å². The van der Waals surface area contributed by atoms with E-state index in [9.17, 15) is 39.3 Å². The Morgan fingerprint density at radius 3 is 1.25 bits per heavy atom. The highest BCUT2D eigenvalue weighted by Crippen LogP contribution is 2.30. The number of anilines is 5. The molecule has 8 N–H and O–H groups in total. The fourth-order valence-electron chi connectivity index (χ4n) is 13.1. The third-order valence-corrected chi connectivity index (χ3v) is 19.2. The van der Waals surface area contributed by atoms with Gasteiger partial charge in [0.1, 0.15) is 44.2 Å². The van der Waals surface area contributed by atoms with Gasteiger partial charge >= 0.3 is 12.2 Å². The number of nitrogens with one attached hydrogen (secondary N) is 3. The minimum atomic E-state index is -1.16. The Morgan fingerprint density at radius 2 is 0.861 bits per heavy atom. The zero-order valence-electron chi connectivity index (χ0n) is 67.5. The summed E-state index contributed by atoms with van der Waals surface area (Å²) in [5, 5.41) is 42.6. The predicted octanol–water partition coefficient (Wildman–Crippen LogP) is 9.57. The van der Waals surface area contributed by atoms with Gasteiger partial charge in [0, 0.05) is 101 Å². The molecular weight excluding hydrogens is 1490 g/mol. The normalized spacial score (nSPS) is 13.7. The highest BCUT2D eigenvalue weighted by molar-refractivity contribution is 7.98. The van der Waals surface area contributed by atoms with Gasteiger partial charge in [-0.15, -0.1) is 0 Å². The zero-order chi connectivity index (χ0) is 82.8. The molecule has 0 fully saturated rings. The Morgan fingerprint density at radius 1 is 0.487 bits per heavy atom. The smallest absolute Gasteiger partial charge is 0.410 e. The molecule has 0 aliphatic carbocycles. The Kier molecular flexibility index (Phi) is 23.9. The molecule has 3 aliphatic rings. The van der Waals surface area contributed by atoms with Gasteiger partial charge in [0.25, 0.3) is 16.7 Å². The standard InChI is InChI=1S/C28H34N8O4.C23H26N8O2.C16H19N5O2S.C13H19N3O2/c1-7-35-24(37)19-15-30-25(33-23(19)36(35)22-10-8-9-21(32-22)28(5,6)39)31-18-13-17-16-34(12-11-20(17)29-14-18)26(38)40-27(2,3)4;1-4-30-21(32)16-13-26-22(27-15-10-14-11-24-9-8-17(14)25-12-15)29-20(16)31(30)19-7-5-6-18(28-19)23(2,3)33;1-5-20-14(22)10-9-17-15(24-4)19-13(10)21(20)12-8-6-7-11(18-12)16(2,3)23;1-13(2,3)18-12(17)16-5-4-11-9(8-16)6-10(14)7-15-11/h8-10,13-15,39H,7,11-12,16H2,1-6H3,(H,30,31,33);5-7,10,12-13,24,33H,4,8-9,11H2,1-3H3,(H,26,27,29);6-9,23H,5H2,1-4H3;6-7H,4-5,8,14H2,1-3H3. The first-order valence-corrected chi connectivity index (χ1v) is 39.1. The number of rotatable bonds is 14. The molecule has 0 spiro atoms. The number of fused-ring (bicyclic) bond motifs is 6. The number of carbonyl (C=O) groups excluding carboxylic acids is 2. The lowest BCUT2D eigenvalue weighted by Crippen LogP contribution is -2.40. The highest BCUT2D eigenvalue weighted by Gasteiger charge is 2.31. The van der Waals surface area contributed by atoms with Gasteiger partial charge in [0.05, 0.1) is 65.8 Å². The van der Waals surface area contributed by atoms with E-state index in [1.165, 1.54) is 28.8 Å². The van der Waals surface area contributed by atoms with Crippen LogP contribution in [-0.2, 0) is 84.8 Å². The van der Waals surface area contributed by atoms with E-state index in [-0.39, 0.29) is 34.8 Å². The van der Waals surface area contributed by atoms with Crippen LogP contribution >= 0.6 is 11.8 Å². The fraction of sp³-hybridized carbons (Fsp3) is 0.412. The molecule has 0 saturated heterocycles. The van der Waals surface area contributed by atoms with Gasteiger partial charge in [-0.3, -0.25) is 29.3 Å². The van der Waals surface area contributed by atoms with Gasteiger partial charge in [-0.2, -0.15) is 9.97 Å². The largest absolute Gasteiger partial charge is 0.444 e. The number of ether oxygens (including phenoxy) is 2. The molecule has 34 nitrogen and oxygen atoms in total. The SMILES string of the molecule is CC(C)(C)OC(=O)N1CCc2ncc(N)cc2C1.CCn1c(=O)c2cnc(Nc3cnc4c(c3)CN(C(=O)OC(C)(C)C)CC4)nc2n1-c1cccc(C(C)(C)O)n1.CCn1c(=O)c2cnc(Nc3cnc4c(c3)CNCC4)nc2n1-c1cccc(C(C)(C)O)n1.CCn1c(=O)c2cnc(SC)nc2n1-c1cccc(C(C)(C)O)n1. The molecule has 0 unspecified atom stereocenters. The molecular formula is C80H98N24O10S. The number of hydrogen-bond donors (Lipinski definition) is 7. The van der Waals surface area contributed by atoms with E-state index in [2.05, 4.69) is 75.8 Å². The van der Waals surface area contributed by atoms with Crippen molar-refractivity contribution in [2.24, 2.45) is 0 Å². The van der Waals surface area contributed by atoms with Crippen LogP contribution < -0.4 is 38.4 Å². The number of amides is 2. The molecule has 604 valence electrons. The van der Waals surface area contributed by atoms with Crippen molar-refractivity contribution in [3.63, 3.8) is 0 Å². The Balaban J connectivity index is 0.000000147. The van der Waals surface area contributed by atoms with E-state index < -0.39 is 28.0 Å². The fourth-order valence-corrected chi connectivity index (χ4v) is 13.4. The van der Waals surface area contributed by atoms with E-state index in [1.807, 2.05) is 92.8 Å². The van der Waals surface area contributed by atoms with Crippen molar-refractivity contribution in [2.45, 2.75) is 196 Å². The van der Waals surface area contributed by atoms with Crippen molar-refractivity contribution < 1.29 is 34.4 Å². The maximum Gasteiger partial charge on any atom is 0.410 e. The number of carbonyl (C=O) groups is 2. The summed E-state index contributed by atoms with van der Waals surface area (Å²) in [6, 6.07) is 21.8. The first-order valence-electron chi connectivity index (χ1n) is 37.9. The number of hydrogen-bond acceptors (Lipinski definition) is 27. The van der Waals surface area contributed by atoms with Crippen molar-refractivity contribution in [3.8, 4) is 17.5 Å². The second-order valence-corrected chi connectivity index (χ2v) is 32.1. The van der Waals surface area contributed by atoms with Gasteiger partial charge in [-0.05, 0) is 181 Å². The summed E-state index contributed by atoms with van der Waals surface area (Å²) >= 11 is 1.41. The van der Waals surface area contributed by atoms with Crippen LogP contribution in [0, 0.1) is 0 Å². The van der Waals surface area contributed by atoms with Gasteiger partial charge in [0.2, 0.25) is 11.9 Å². The van der Waals surface area contributed by atoms with Crippen LogP contribution in [0.15, 0.2) is 130 Å². The predicted molar refractivity (Wildman–Crippen MR) is 437 cm³/mol. The third kappa shape index (κ3) is 18.8. The lowest BCUT2D eigenvalue weighted by molar-refractivity contribution is 0.0212. The quantitative estimate of drug-likeness (QED) is 0.0393. The highest BCUT2D eigenvalue weighted by atomic mass is 32.2. The number of nitrogens with zero attached hydrogens (tertiary/aromatic N) is 20. The molecule has 12 aromatic rings. The minimum Gasteiger partial charge on any atom is -0.444 e. The molecule has 3 aliphatic heterocycles. The van der Waals surface area contributed by atoms with E-state index >= 15 is 0 Å². The molecule has 0 aromatic carbocycles. The summed E-state index contributed by atoms with van der Waals surface area (Å²) in [6.45, 7) is 31.8. The van der Waals surface area contributed by atoms with Crippen molar-refractivity contribution in [3.05, 3.63) is 192 Å². The summed E-state index contributed by atoms with van der Waals surface area (Å²) in [7, 11) is 0. The van der Waals surface area contributed by atoms with E-state index in [1.54, 1.807) is 148 Å². The average molecular weight is 1590 g/mol. The molecule has 2 amide bonds. The van der Waals surface area contributed by atoms with Crippen molar-refractivity contribution in [1.82, 2.24) is 103 Å². The summed E-state index contributed by atoms with van der Waals surface area (Å²) in [4.78, 5) is 121. The average Bonchev–Trinajstić information content (AvgIpc) is 1.62. The topological polar surface area (TPSA) is 417 Å². The van der Waals surface area contributed by atoms with Crippen LogP contribution in [0.4, 0.5) is 38.5 Å². The number of nitrogen functional groups attached to an aromatic ring is 1. The Bertz CT molecular complexity index is 5810. The van der Waals surface area contributed by atoms with Crippen LogP contribution in [0.3, 0.4) is 0 Å². The Labute approximate surface area is 667 Å². The van der Waals surface area contributed by atoms with Gasteiger partial charge in [0.15, 0.2) is 39.6 Å². The van der Waals surface area contributed by atoms with Crippen molar-refractivity contribution >= 4 is 86.0 Å². The summed E-state index contributed by atoms with van der Waals surface area (Å²) in [6.07, 6.45) is 13.2. The maximum absolute atomic E-state index is 13.2.